The minimum atomic E-state index is -0.763. The highest BCUT2D eigenvalue weighted by Crippen LogP contribution is 2.40. The van der Waals surface area contributed by atoms with Gasteiger partial charge in [0.15, 0.2) is 0 Å². The van der Waals surface area contributed by atoms with E-state index in [-0.39, 0.29) is 24.7 Å². The van der Waals surface area contributed by atoms with E-state index in [0.29, 0.717) is 53.2 Å². The van der Waals surface area contributed by atoms with Gasteiger partial charge in [0, 0.05) is 13.1 Å². The molecule has 0 aliphatic heterocycles. The molecule has 10 heteroatoms. The number of carbonyl (C=O) groups is 2. The Bertz CT molecular complexity index is 1050. The van der Waals surface area contributed by atoms with Crippen LogP contribution >= 0.6 is 0 Å². The largest absolute Gasteiger partial charge is 0.489 e. The van der Waals surface area contributed by atoms with E-state index in [9.17, 15) is 14.7 Å². The van der Waals surface area contributed by atoms with Gasteiger partial charge in [-0.05, 0) is 69.9 Å². The zero-order valence-corrected chi connectivity index (χ0v) is 20.2. The number of nitrogens with zero attached hydrogens (tertiary/aromatic N) is 4. The number of aromatic nitrogens is 4. The summed E-state index contributed by atoms with van der Waals surface area (Å²) in [6.45, 7) is 6.04. The van der Waals surface area contributed by atoms with Crippen LogP contribution in [0.3, 0.4) is 0 Å². The van der Waals surface area contributed by atoms with Gasteiger partial charge in [-0.1, -0.05) is 12.1 Å². The summed E-state index contributed by atoms with van der Waals surface area (Å²) in [5.41, 5.74) is 2.46. The number of carboxylic acid groups (broad SMARTS) is 1. The highest BCUT2D eigenvalue weighted by molar-refractivity contribution is 5.70. The number of alkyl carbamates (subject to hydrolysis) is 1. The van der Waals surface area contributed by atoms with Crippen molar-refractivity contribution < 1.29 is 24.2 Å². The van der Waals surface area contributed by atoms with E-state index in [1.807, 2.05) is 19.9 Å². The van der Waals surface area contributed by atoms with Gasteiger partial charge in [-0.3, -0.25) is 4.79 Å². The number of amides is 1. The topological polar surface area (TPSA) is 128 Å². The zero-order chi connectivity index (χ0) is 24.4. The fourth-order valence-electron chi connectivity index (χ4n) is 4.71. The van der Waals surface area contributed by atoms with Crippen molar-refractivity contribution in [1.29, 1.82) is 0 Å². The molecule has 34 heavy (non-hydrogen) atoms. The maximum absolute atomic E-state index is 12.2. The lowest BCUT2D eigenvalue weighted by atomic mass is 9.87. The van der Waals surface area contributed by atoms with Gasteiger partial charge in [0.1, 0.15) is 23.7 Å². The fourth-order valence-corrected chi connectivity index (χ4v) is 4.71. The molecule has 1 unspecified atom stereocenters. The second-order valence-corrected chi connectivity index (χ2v) is 9.62. The lowest BCUT2D eigenvalue weighted by Gasteiger charge is -2.27. The van der Waals surface area contributed by atoms with Gasteiger partial charge in [-0.15, -0.1) is 5.10 Å². The molecule has 0 bridgehead atoms. The molecule has 2 N–H and O–H groups in total. The first-order valence-corrected chi connectivity index (χ1v) is 11.9. The zero-order valence-electron chi connectivity index (χ0n) is 20.2. The smallest absolute Gasteiger partial charge is 0.407 e. The summed E-state index contributed by atoms with van der Waals surface area (Å²) in [7, 11) is 1.74. The van der Waals surface area contributed by atoms with Crippen LogP contribution in [0.1, 0.15) is 57.3 Å². The summed E-state index contributed by atoms with van der Waals surface area (Å²) < 4.78 is 13.1. The van der Waals surface area contributed by atoms with Crippen molar-refractivity contribution in [1.82, 2.24) is 25.3 Å². The molecule has 2 aliphatic carbocycles. The van der Waals surface area contributed by atoms with E-state index in [4.69, 9.17) is 9.47 Å². The number of nitrogens with one attached hydrogen (secondary N) is 1. The third-order valence-electron chi connectivity index (χ3n) is 6.99. The number of pyridine rings is 1. The molecule has 2 aliphatic rings. The molecule has 2 aromatic rings. The van der Waals surface area contributed by atoms with Crippen LogP contribution in [0.25, 0.3) is 11.4 Å². The standard InChI is InChI=1S/C24H33N5O5/c1-13-10-18(13)14(2)26-24(32)33-12-20-22(27-28-29(20)4)19-8-9-21(15(3)25-19)34-17-7-5-6-16(11-17)23(30)31/h8-9,13-14,16-18H,5-7,10-12H2,1-4H3,(H,26,32)(H,30,31)/t13-,14?,16-,17+,18-/m1/s1. The first kappa shape index (κ1) is 24.0. The molecule has 2 heterocycles. The monoisotopic (exact) mass is 471 g/mol. The van der Waals surface area contributed by atoms with Crippen LogP contribution in [-0.2, 0) is 23.2 Å². The van der Waals surface area contributed by atoms with Crippen molar-refractivity contribution in [2.75, 3.05) is 0 Å². The number of hydrogen-bond acceptors (Lipinski definition) is 7. The molecule has 10 nitrogen and oxygen atoms in total. The van der Waals surface area contributed by atoms with E-state index < -0.39 is 12.1 Å². The summed E-state index contributed by atoms with van der Waals surface area (Å²) >= 11 is 0. The van der Waals surface area contributed by atoms with E-state index in [0.717, 1.165) is 19.3 Å². The molecule has 5 atom stereocenters. The number of ether oxygens (including phenoxy) is 2. The van der Waals surface area contributed by atoms with Crippen molar-refractivity contribution in [3.05, 3.63) is 23.5 Å². The second kappa shape index (κ2) is 9.99. The minimum Gasteiger partial charge on any atom is -0.489 e. The number of hydrogen-bond donors (Lipinski definition) is 2. The van der Waals surface area contributed by atoms with Crippen molar-refractivity contribution in [2.45, 2.75) is 71.6 Å². The highest BCUT2D eigenvalue weighted by Gasteiger charge is 2.38. The molecule has 0 radical (unpaired) electrons. The fraction of sp³-hybridized carbons (Fsp3) is 0.625. The normalized spacial score (nSPS) is 24.8. The predicted molar refractivity (Wildman–Crippen MR) is 123 cm³/mol. The van der Waals surface area contributed by atoms with Crippen LogP contribution in [0.2, 0.25) is 0 Å². The molecule has 2 saturated carbocycles. The maximum atomic E-state index is 12.2. The number of aryl methyl sites for hydroxylation is 2. The summed E-state index contributed by atoms with van der Waals surface area (Å²) in [6, 6.07) is 3.70. The van der Waals surface area contributed by atoms with Gasteiger partial charge in [0.25, 0.3) is 0 Å². The summed E-state index contributed by atoms with van der Waals surface area (Å²) in [6.07, 6.45) is 3.39. The van der Waals surface area contributed by atoms with Crippen LogP contribution < -0.4 is 10.1 Å². The number of carbonyl (C=O) groups excluding carboxylic acids is 1. The molecular weight excluding hydrogens is 438 g/mol. The minimum absolute atomic E-state index is 0.0231. The number of carboxylic acids is 1. The molecule has 0 saturated heterocycles. The van der Waals surface area contributed by atoms with Crippen LogP contribution in [0, 0.1) is 24.7 Å². The summed E-state index contributed by atoms with van der Waals surface area (Å²) in [5.74, 6) is 0.658. The van der Waals surface area contributed by atoms with E-state index in [1.54, 1.807) is 17.8 Å². The van der Waals surface area contributed by atoms with Crippen LogP contribution in [0.5, 0.6) is 5.75 Å². The van der Waals surface area contributed by atoms with Crippen LogP contribution in [-0.4, -0.2) is 49.3 Å². The van der Waals surface area contributed by atoms with Gasteiger partial charge in [-0.25, -0.2) is 14.5 Å². The first-order valence-electron chi connectivity index (χ1n) is 11.9. The lowest BCUT2D eigenvalue weighted by Crippen LogP contribution is -2.35. The summed E-state index contributed by atoms with van der Waals surface area (Å²) in [4.78, 5) is 28.2. The third kappa shape index (κ3) is 5.48. The van der Waals surface area contributed by atoms with E-state index in [1.165, 1.54) is 0 Å². The Kier molecular flexibility index (Phi) is 7.04. The van der Waals surface area contributed by atoms with Crippen LogP contribution in [0.4, 0.5) is 4.79 Å². The number of aliphatic carboxylic acids is 1. The van der Waals surface area contributed by atoms with E-state index in [2.05, 4.69) is 27.5 Å². The van der Waals surface area contributed by atoms with Crippen LogP contribution in [0.15, 0.2) is 12.1 Å². The average Bonchev–Trinajstić information content (AvgIpc) is 3.42. The Morgan fingerprint density at radius 1 is 1.29 bits per heavy atom. The van der Waals surface area contributed by atoms with Gasteiger partial charge >= 0.3 is 12.1 Å². The molecular formula is C24H33N5O5. The first-order chi connectivity index (χ1) is 16.2. The Balaban J connectivity index is 1.40. The van der Waals surface area contributed by atoms with Gasteiger partial charge < -0.3 is 19.9 Å². The van der Waals surface area contributed by atoms with Crippen molar-refractivity contribution in [2.24, 2.45) is 24.8 Å². The Morgan fingerprint density at radius 3 is 2.74 bits per heavy atom. The molecule has 2 fully saturated rings. The van der Waals surface area contributed by atoms with Crippen molar-refractivity contribution in [3.8, 4) is 17.1 Å². The second-order valence-electron chi connectivity index (χ2n) is 9.62. The van der Waals surface area contributed by atoms with Crippen molar-refractivity contribution >= 4 is 12.1 Å². The van der Waals surface area contributed by atoms with Gasteiger partial charge in [0.05, 0.1) is 23.4 Å². The maximum Gasteiger partial charge on any atom is 0.407 e. The third-order valence-corrected chi connectivity index (χ3v) is 6.99. The van der Waals surface area contributed by atoms with Gasteiger partial charge in [0.2, 0.25) is 0 Å². The Morgan fingerprint density at radius 2 is 2.06 bits per heavy atom. The predicted octanol–water partition coefficient (Wildman–Crippen LogP) is 3.48. The average molecular weight is 472 g/mol. The molecule has 184 valence electrons. The molecule has 0 aromatic carbocycles. The number of rotatable bonds is 8. The molecule has 0 spiro atoms. The quantitative estimate of drug-likeness (QED) is 0.599. The molecule has 2 aromatic heterocycles. The van der Waals surface area contributed by atoms with Crippen molar-refractivity contribution in [3.63, 3.8) is 0 Å². The molecule has 4 rings (SSSR count). The Labute approximate surface area is 199 Å². The SMILES string of the molecule is Cc1nc(-c2nnn(C)c2COC(=O)NC(C)[C@@H]2C[C@H]2C)ccc1O[C@H]1CCC[C@@H](C(=O)O)C1. The highest BCUT2D eigenvalue weighted by atomic mass is 16.5. The summed E-state index contributed by atoms with van der Waals surface area (Å²) in [5, 5.41) is 20.5. The lowest BCUT2D eigenvalue weighted by molar-refractivity contribution is -0.143. The van der Waals surface area contributed by atoms with E-state index >= 15 is 0 Å². The Hall–Kier alpha value is -3.17. The van der Waals surface area contributed by atoms with Gasteiger partial charge in [-0.2, -0.15) is 0 Å². The molecule has 1 amide bonds.